The second kappa shape index (κ2) is 8.35. The van der Waals surface area contributed by atoms with Gasteiger partial charge in [-0.1, -0.05) is 33.6 Å². The number of nitrogens with one attached hydrogen (secondary N) is 1. The molecule has 2 aliphatic rings. The van der Waals surface area contributed by atoms with Crippen molar-refractivity contribution in [2.24, 2.45) is 5.92 Å². The summed E-state index contributed by atoms with van der Waals surface area (Å²) in [5, 5.41) is 3.80. The van der Waals surface area contributed by atoms with E-state index in [1.807, 2.05) is 0 Å². The minimum absolute atomic E-state index is 0.792. The minimum atomic E-state index is 0.792. The van der Waals surface area contributed by atoms with Gasteiger partial charge >= 0.3 is 0 Å². The molecule has 0 amide bonds. The van der Waals surface area contributed by atoms with E-state index >= 15 is 0 Å². The van der Waals surface area contributed by atoms with Crippen LogP contribution in [0.2, 0.25) is 0 Å². The van der Waals surface area contributed by atoms with Crippen molar-refractivity contribution in [3.63, 3.8) is 0 Å². The molecule has 1 saturated carbocycles. The quantitative estimate of drug-likeness (QED) is 0.774. The van der Waals surface area contributed by atoms with Crippen LogP contribution in [-0.4, -0.2) is 61.2 Å². The first kappa shape index (κ1) is 16.3. The Morgan fingerprint density at radius 3 is 2.65 bits per heavy atom. The number of likely N-dealkylation sites (tertiary alicyclic amines) is 1. The first-order chi connectivity index (χ1) is 9.72. The van der Waals surface area contributed by atoms with Crippen LogP contribution in [0, 0.1) is 5.92 Å². The number of hydrogen-bond acceptors (Lipinski definition) is 3. The third kappa shape index (κ3) is 4.71. The van der Waals surface area contributed by atoms with Crippen LogP contribution < -0.4 is 5.32 Å². The lowest BCUT2D eigenvalue weighted by Gasteiger charge is -2.29. The zero-order chi connectivity index (χ0) is 14.4. The van der Waals surface area contributed by atoms with Gasteiger partial charge in [-0.25, -0.2) is 0 Å². The maximum Gasteiger partial charge on any atom is 0.0235 e. The van der Waals surface area contributed by atoms with E-state index in [9.17, 15) is 0 Å². The van der Waals surface area contributed by atoms with Gasteiger partial charge in [-0.15, -0.1) is 0 Å². The molecule has 0 aromatic carbocycles. The van der Waals surface area contributed by atoms with Crippen molar-refractivity contribution >= 4 is 0 Å². The van der Waals surface area contributed by atoms with Crippen molar-refractivity contribution in [3.8, 4) is 0 Å². The minimum Gasteiger partial charge on any atom is -0.313 e. The van der Waals surface area contributed by atoms with Gasteiger partial charge in [-0.05, 0) is 44.8 Å². The molecule has 20 heavy (non-hydrogen) atoms. The molecule has 2 rings (SSSR count). The van der Waals surface area contributed by atoms with E-state index in [1.165, 1.54) is 71.4 Å². The van der Waals surface area contributed by atoms with Crippen LogP contribution in [0.4, 0.5) is 0 Å². The van der Waals surface area contributed by atoms with Gasteiger partial charge in [0.05, 0.1) is 0 Å². The summed E-state index contributed by atoms with van der Waals surface area (Å²) >= 11 is 0. The zero-order valence-electron chi connectivity index (χ0n) is 13.9. The predicted octanol–water partition coefficient (Wildman–Crippen LogP) is 2.57. The molecule has 1 aliphatic heterocycles. The summed E-state index contributed by atoms with van der Waals surface area (Å²) in [6.45, 7) is 14.4. The summed E-state index contributed by atoms with van der Waals surface area (Å²) in [6, 6.07) is 1.60. The molecular formula is C17H35N3. The lowest BCUT2D eigenvalue weighted by atomic mass is 9.87. The summed E-state index contributed by atoms with van der Waals surface area (Å²) in [5.74, 6) is 0.931. The van der Waals surface area contributed by atoms with Gasteiger partial charge in [-0.3, -0.25) is 4.90 Å². The SMILES string of the molecule is CCN(CC)C1CCN(CCNC2CCCC(C)C2)C1. The van der Waals surface area contributed by atoms with Crippen LogP contribution in [0.1, 0.15) is 52.9 Å². The molecule has 3 atom stereocenters. The molecule has 1 N–H and O–H groups in total. The molecule has 2 fully saturated rings. The van der Waals surface area contributed by atoms with Crippen LogP contribution in [0.3, 0.4) is 0 Å². The fourth-order valence-corrected chi connectivity index (χ4v) is 4.10. The Labute approximate surface area is 126 Å². The summed E-state index contributed by atoms with van der Waals surface area (Å²) in [6.07, 6.45) is 7.01. The number of hydrogen-bond donors (Lipinski definition) is 1. The monoisotopic (exact) mass is 281 g/mol. The van der Waals surface area contributed by atoms with Gasteiger partial charge < -0.3 is 10.2 Å². The van der Waals surface area contributed by atoms with E-state index in [2.05, 4.69) is 35.9 Å². The summed E-state index contributed by atoms with van der Waals surface area (Å²) in [5.41, 5.74) is 0. The van der Waals surface area contributed by atoms with E-state index < -0.39 is 0 Å². The van der Waals surface area contributed by atoms with E-state index in [4.69, 9.17) is 0 Å². The average Bonchev–Trinajstić information content (AvgIpc) is 2.89. The van der Waals surface area contributed by atoms with Gasteiger partial charge in [-0.2, -0.15) is 0 Å². The van der Waals surface area contributed by atoms with Crippen LogP contribution in [0.15, 0.2) is 0 Å². The Kier molecular flexibility index (Phi) is 6.79. The number of rotatable bonds is 7. The molecule has 0 spiro atoms. The van der Waals surface area contributed by atoms with Crippen LogP contribution in [0.5, 0.6) is 0 Å². The first-order valence-electron chi connectivity index (χ1n) is 8.92. The highest BCUT2D eigenvalue weighted by Crippen LogP contribution is 2.23. The van der Waals surface area contributed by atoms with Crippen LogP contribution >= 0.6 is 0 Å². The lowest BCUT2D eigenvalue weighted by Crippen LogP contribution is -2.40. The molecule has 1 aliphatic carbocycles. The normalized spacial score (nSPS) is 32.1. The summed E-state index contributed by atoms with van der Waals surface area (Å²) in [4.78, 5) is 5.28. The Bertz CT molecular complexity index is 265. The Morgan fingerprint density at radius 2 is 1.95 bits per heavy atom. The molecule has 0 bridgehead atoms. The molecule has 3 nitrogen and oxygen atoms in total. The van der Waals surface area contributed by atoms with Gasteiger partial charge in [0.15, 0.2) is 0 Å². The Morgan fingerprint density at radius 1 is 1.15 bits per heavy atom. The first-order valence-corrected chi connectivity index (χ1v) is 8.92. The third-order valence-corrected chi connectivity index (χ3v) is 5.37. The molecule has 3 unspecified atom stereocenters. The number of nitrogens with zero attached hydrogens (tertiary/aromatic N) is 2. The van der Waals surface area contributed by atoms with Gasteiger partial charge in [0.25, 0.3) is 0 Å². The van der Waals surface area contributed by atoms with Crippen LogP contribution in [0.25, 0.3) is 0 Å². The highest BCUT2D eigenvalue weighted by atomic mass is 15.3. The topological polar surface area (TPSA) is 18.5 Å². The van der Waals surface area contributed by atoms with E-state index in [0.717, 1.165) is 18.0 Å². The maximum atomic E-state index is 3.80. The van der Waals surface area contributed by atoms with E-state index in [-0.39, 0.29) is 0 Å². The van der Waals surface area contributed by atoms with Crippen molar-refractivity contribution in [3.05, 3.63) is 0 Å². The zero-order valence-corrected chi connectivity index (χ0v) is 13.9. The molecule has 1 heterocycles. The third-order valence-electron chi connectivity index (χ3n) is 5.37. The summed E-state index contributed by atoms with van der Waals surface area (Å²) < 4.78 is 0. The van der Waals surface area contributed by atoms with Gasteiger partial charge in [0, 0.05) is 31.7 Å². The molecule has 3 heteroatoms. The predicted molar refractivity (Wildman–Crippen MR) is 87.2 cm³/mol. The lowest BCUT2D eigenvalue weighted by molar-refractivity contribution is 0.209. The van der Waals surface area contributed by atoms with Crippen molar-refractivity contribution in [2.75, 3.05) is 39.3 Å². The maximum absolute atomic E-state index is 3.80. The Hall–Kier alpha value is -0.120. The standard InChI is InChI=1S/C17H35N3/c1-4-20(5-2)17-9-11-19(14-17)12-10-18-16-8-6-7-15(3)13-16/h15-18H,4-14H2,1-3H3. The molecule has 0 radical (unpaired) electrons. The van der Waals surface area contributed by atoms with E-state index in [0.29, 0.717) is 0 Å². The second-order valence-electron chi connectivity index (χ2n) is 6.89. The van der Waals surface area contributed by atoms with Crippen molar-refractivity contribution in [1.82, 2.24) is 15.1 Å². The van der Waals surface area contributed by atoms with Crippen molar-refractivity contribution < 1.29 is 0 Å². The highest BCUT2D eigenvalue weighted by molar-refractivity contribution is 4.83. The van der Waals surface area contributed by atoms with Crippen molar-refractivity contribution in [1.29, 1.82) is 0 Å². The van der Waals surface area contributed by atoms with Crippen LogP contribution in [-0.2, 0) is 0 Å². The van der Waals surface area contributed by atoms with Gasteiger partial charge in [0.1, 0.15) is 0 Å². The molecule has 0 aromatic heterocycles. The van der Waals surface area contributed by atoms with Crippen molar-refractivity contribution in [2.45, 2.75) is 65.0 Å². The molecule has 0 aromatic rings. The number of likely N-dealkylation sites (N-methyl/N-ethyl adjacent to an activating group) is 1. The second-order valence-corrected chi connectivity index (χ2v) is 6.89. The molecule has 118 valence electrons. The van der Waals surface area contributed by atoms with Gasteiger partial charge in [0.2, 0.25) is 0 Å². The molecular weight excluding hydrogens is 246 g/mol. The summed E-state index contributed by atoms with van der Waals surface area (Å²) in [7, 11) is 0. The average molecular weight is 281 g/mol. The Balaban J connectivity index is 1.61. The largest absolute Gasteiger partial charge is 0.313 e. The fraction of sp³-hybridized carbons (Fsp3) is 1.00. The fourth-order valence-electron chi connectivity index (χ4n) is 4.10. The highest BCUT2D eigenvalue weighted by Gasteiger charge is 2.26. The van der Waals surface area contributed by atoms with E-state index in [1.54, 1.807) is 0 Å². The smallest absolute Gasteiger partial charge is 0.0235 e. The molecule has 1 saturated heterocycles.